The molecule has 1 aromatic rings. The van der Waals surface area contributed by atoms with Crippen molar-refractivity contribution in [2.45, 2.75) is 19.4 Å². The molecular weight excluding hydrogens is 247 g/mol. The Morgan fingerprint density at radius 3 is 2.74 bits per heavy atom. The molecule has 1 atom stereocenters. The van der Waals surface area contributed by atoms with Gasteiger partial charge in [-0.05, 0) is 32.2 Å². The molecule has 1 rings (SSSR count). The standard InChI is InChI=1S/C14H21FN2O2/c1-10(16-2)12-9-11(15)5-6-13(12)19-8-7-14(18)17(3)4/h5-6,9-10,16H,7-8H2,1-4H3. The van der Waals surface area contributed by atoms with Crippen molar-refractivity contribution in [2.75, 3.05) is 27.7 Å². The third-order valence-corrected chi connectivity index (χ3v) is 2.94. The summed E-state index contributed by atoms with van der Waals surface area (Å²) in [6.07, 6.45) is 0.303. The van der Waals surface area contributed by atoms with Crippen molar-refractivity contribution >= 4 is 5.91 Å². The number of hydrogen-bond acceptors (Lipinski definition) is 3. The molecule has 0 aliphatic carbocycles. The van der Waals surface area contributed by atoms with Crippen molar-refractivity contribution in [1.82, 2.24) is 10.2 Å². The summed E-state index contributed by atoms with van der Waals surface area (Å²) in [7, 11) is 5.21. The van der Waals surface area contributed by atoms with E-state index in [1.165, 1.54) is 17.0 Å². The highest BCUT2D eigenvalue weighted by Crippen LogP contribution is 2.26. The van der Waals surface area contributed by atoms with E-state index in [4.69, 9.17) is 4.74 Å². The van der Waals surface area contributed by atoms with E-state index in [2.05, 4.69) is 5.32 Å². The van der Waals surface area contributed by atoms with E-state index >= 15 is 0 Å². The van der Waals surface area contributed by atoms with Gasteiger partial charge in [0.2, 0.25) is 5.91 Å². The van der Waals surface area contributed by atoms with Gasteiger partial charge in [-0.2, -0.15) is 0 Å². The number of amides is 1. The summed E-state index contributed by atoms with van der Waals surface area (Å²) in [6, 6.07) is 4.38. The third kappa shape index (κ3) is 4.52. The quantitative estimate of drug-likeness (QED) is 0.857. The van der Waals surface area contributed by atoms with E-state index in [0.29, 0.717) is 12.2 Å². The van der Waals surface area contributed by atoms with Crippen molar-refractivity contribution < 1.29 is 13.9 Å². The van der Waals surface area contributed by atoms with E-state index in [9.17, 15) is 9.18 Å². The van der Waals surface area contributed by atoms with Crippen LogP contribution in [0.3, 0.4) is 0 Å². The molecule has 0 aromatic heterocycles. The molecule has 5 heteroatoms. The molecule has 106 valence electrons. The maximum atomic E-state index is 13.3. The summed E-state index contributed by atoms with van der Waals surface area (Å²) in [5.41, 5.74) is 0.750. The van der Waals surface area contributed by atoms with Crippen LogP contribution in [0.1, 0.15) is 24.9 Å². The SMILES string of the molecule is CNC(C)c1cc(F)ccc1OCCC(=O)N(C)C. The molecule has 0 bridgehead atoms. The fraction of sp³-hybridized carbons (Fsp3) is 0.500. The molecule has 0 saturated heterocycles. The molecule has 1 aromatic carbocycles. The van der Waals surface area contributed by atoms with Crippen LogP contribution < -0.4 is 10.1 Å². The number of nitrogens with zero attached hydrogens (tertiary/aromatic N) is 1. The summed E-state index contributed by atoms with van der Waals surface area (Å²) in [6.45, 7) is 2.21. The lowest BCUT2D eigenvalue weighted by atomic mass is 10.1. The zero-order valence-corrected chi connectivity index (χ0v) is 11.9. The van der Waals surface area contributed by atoms with Gasteiger partial charge < -0.3 is 15.0 Å². The first-order chi connectivity index (χ1) is 8.95. The summed E-state index contributed by atoms with van der Waals surface area (Å²) >= 11 is 0. The van der Waals surface area contributed by atoms with Crippen LogP contribution in [0.4, 0.5) is 4.39 Å². The minimum absolute atomic E-state index is 0.00493. The Balaban J connectivity index is 2.70. The average molecular weight is 268 g/mol. The number of benzene rings is 1. The van der Waals surface area contributed by atoms with Crippen LogP contribution in [0.5, 0.6) is 5.75 Å². The second-order valence-corrected chi connectivity index (χ2v) is 4.58. The molecule has 19 heavy (non-hydrogen) atoms. The Hall–Kier alpha value is -1.62. The first kappa shape index (κ1) is 15.4. The Bertz CT molecular complexity index is 435. The van der Waals surface area contributed by atoms with Gasteiger partial charge in [0.15, 0.2) is 0 Å². The van der Waals surface area contributed by atoms with Gasteiger partial charge >= 0.3 is 0 Å². The molecule has 0 saturated carbocycles. The Morgan fingerprint density at radius 1 is 1.47 bits per heavy atom. The molecule has 0 aliphatic rings. The molecule has 0 radical (unpaired) electrons. The van der Waals surface area contributed by atoms with Gasteiger partial charge in [-0.1, -0.05) is 0 Å². The van der Waals surface area contributed by atoms with Crippen molar-refractivity contribution in [3.05, 3.63) is 29.6 Å². The number of rotatable bonds is 6. The lowest BCUT2D eigenvalue weighted by Crippen LogP contribution is -2.23. The highest BCUT2D eigenvalue weighted by Gasteiger charge is 2.12. The predicted molar refractivity (Wildman–Crippen MR) is 72.7 cm³/mol. The average Bonchev–Trinajstić information content (AvgIpc) is 2.39. The molecular formula is C14H21FN2O2. The Kier molecular flexibility index (Phi) is 5.76. The molecule has 0 fully saturated rings. The maximum absolute atomic E-state index is 13.3. The highest BCUT2D eigenvalue weighted by atomic mass is 19.1. The van der Waals surface area contributed by atoms with Crippen molar-refractivity contribution in [1.29, 1.82) is 0 Å². The molecule has 1 unspecified atom stereocenters. The molecule has 0 heterocycles. The van der Waals surface area contributed by atoms with Crippen LogP contribution in [0.25, 0.3) is 0 Å². The van der Waals surface area contributed by atoms with E-state index in [-0.39, 0.29) is 24.4 Å². The lowest BCUT2D eigenvalue weighted by Gasteiger charge is -2.17. The van der Waals surface area contributed by atoms with Crippen molar-refractivity contribution in [3.8, 4) is 5.75 Å². The van der Waals surface area contributed by atoms with Gasteiger partial charge in [0.25, 0.3) is 0 Å². The topological polar surface area (TPSA) is 41.6 Å². The number of nitrogens with one attached hydrogen (secondary N) is 1. The van der Waals surface area contributed by atoms with Gasteiger partial charge in [-0.3, -0.25) is 4.79 Å². The van der Waals surface area contributed by atoms with Crippen LogP contribution in [-0.4, -0.2) is 38.6 Å². The molecule has 0 spiro atoms. The van der Waals surface area contributed by atoms with Gasteiger partial charge in [0.05, 0.1) is 13.0 Å². The van der Waals surface area contributed by atoms with E-state index in [0.717, 1.165) is 5.56 Å². The zero-order chi connectivity index (χ0) is 14.4. The number of carbonyl (C=O) groups is 1. The van der Waals surface area contributed by atoms with Crippen molar-refractivity contribution in [2.24, 2.45) is 0 Å². The maximum Gasteiger partial charge on any atom is 0.225 e. The van der Waals surface area contributed by atoms with Gasteiger partial charge in [-0.25, -0.2) is 4.39 Å². The van der Waals surface area contributed by atoms with E-state index in [1.807, 2.05) is 6.92 Å². The Morgan fingerprint density at radius 2 is 2.16 bits per heavy atom. The molecule has 4 nitrogen and oxygen atoms in total. The third-order valence-electron chi connectivity index (χ3n) is 2.94. The van der Waals surface area contributed by atoms with Crippen LogP contribution in [0.2, 0.25) is 0 Å². The van der Waals surface area contributed by atoms with Crippen LogP contribution in [0.15, 0.2) is 18.2 Å². The highest BCUT2D eigenvalue weighted by molar-refractivity contribution is 5.75. The smallest absolute Gasteiger partial charge is 0.225 e. The molecule has 1 N–H and O–H groups in total. The first-order valence-electron chi connectivity index (χ1n) is 6.25. The zero-order valence-electron chi connectivity index (χ0n) is 11.9. The van der Waals surface area contributed by atoms with Crippen LogP contribution in [-0.2, 0) is 4.79 Å². The minimum Gasteiger partial charge on any atom is -0.493 e. The monoisotopic (exact) mass is 268 g/mol. The summed E-state index contributed by atoms with van der Waals surface area (Å²) in [4.78, 5) is 13.0. The Labute approximate surface area is 113 Å². The van der Waals surface area contributed by atoms with Gasteiger partial charge in [0, 0.05) is 25.7 Å². The second-order valence-electron chi connectivity index (χ2n) is 4.58. The summed E-state index contributed by atoms with van der Waals surface area (Å²) in [5.74, 6) is 0.314. The summed E-state index contributed by atoms with van der Waals surface area (Å²) < 4.78 is 18.8. The molecule has 1 amide bonds. The minimum atomic E-state index is -0.297. The number of ether oxygens (including phenoxy) is 1. The fourth-order valence-electron chi connectivity index (χ4n) is 1.62. The first-order valence-corrected chi connectivity index (χ1v) is 6.25. The lowest BCUT2D eigenvalue weighted by molar-refractivity contribution is -0.129. The predicted octanol–water partition coefficient (Wildman–Crippen LogP) is 1.96. The number of carbonyl (C=O) groups excluding carboxylic acids is 1. The van der Waals surface area contributed by atoms with Gasteiger partial charge in [-0.15, -0.1) is 0 Å². The van der Waals surface area contributed by atoms with E-state index in [1.54, 1.807) is 27.2 Å². The second kappa shape index (κ2) is 7.09. The number of hydrogen-bond donors (Lipinski definition) is 1. The number of halogens is 1. The van der Waals surface area contributed by atoms with Crippen LogP contribution >= 0.6 is 0 Å². The largest absolute Gasteiger partial charge is 0.493 e. The fourth-order valence-corrected chi connectivity index (χ4v) is 1.62. The van der Waals surface area contributed by atoms with Gasteiger partial charge in [0.1, 0.15) is 11.6 Å². The normalized spacial score (nSPS) is 12.1. The molecule has 0 aliphatic heterocycles. The van der Waals surface area contributed by atoms with Crippen LogP contribution in [0, 0.1) is 5.82 Å². The van der Waals surface area contributed by atoms with Crippen molar-refractivity contribution in [3.63, 3.8) is 0 Å². The summed E-state index contributed by atoms with van der Waals surface area (Å²) in [5, 5.41) is 3.04. The van der Waals surface area contributed by atoms with E-state index < -0.39 is 0 Å².